The van der Waals surface area contributed by atoms with Crippen LogP contribution in [0.1, 0.15) is 171 Å². The summed E-state index contributed by atoms with van der Waals surface area (Å²) in [7, 11) is 0. The third kappa shape index (κ3) is 48.4. The first-order chi connectivity index (χ1) is 16.2. The molecule has 35 heavy (non-hydrogen) atoms. The van der Waals surface area contributed by atoms with Crippen molar-refractivity contribution in [3.8, 4) is 0 Å². The SMILES string of the molecule is CCCCCCCC/C=C\CCCCCCCC(=O)O.CCCCCCCCCCCCN.[H-].[H-].[Li+].[Na+]. The summed E-state index contributed by atoms with van der Waals surface area (Å²) >= 11 is 0. The van der Waals surface area contributed by atoms with E-state index in [0.29, 0.717) is 6.42 Å². The molecule has 0 spiro atoms. The minimum absolute atomic E-state index is 0. The Kier molecular flexibility index (Phi) is 51.3. The molecule has 0 amide bonds. The average molecular weight is 500 g/mol. The Bertz CT molecular complexity index is 396. The van der Waals surface area contributed by atoms with Crippen molar-refractivity contribution >= 4 is 5.97 Å². The van der Waals surface area contributed by atoms with E-state index in [0.717, 1.165) is 19.4 Å². The first-order valence-corrected chi connectivity index (χ1v) is 14.8. The van der Waals surface area contributed by atoms with Gasteiger partial charge in [-0.15, -0.1) is 0 Å². The van der Waals surface area contributed by atoms with Crippen molar-refractivity contribution in [2.75, 3.05) is 6.54 Å². The van der Waals surface area contributed by atoms with E-state index in [2.05, 4.69) is 26.0 Å². The molecule has 0 aromatic carbocycles. The molecule has 0 aromatic rings. The topological polar surface area (TPSA) is 63.3 Å². The third-order valence-corrected chi connectivity index (χ3v) is 6.21. The van der Waals surface area contributed by atoms with E-state index in [1.54, 1.807) is 0 Å². The summed E-state index contributed by atoms with van der Waals surface area (Å²) in [4.78, 5) is 10.3. The Labute approximate surface area is 258 Å². The van der Waals surface area contributed by atoms with Gasteiger partial charge < -0.3 is 13.7 Å². The molecule has 0 atom stereocenters. The zero-order valence-electron chi connectivity index (χ0n) is 26.8. The van der Waals surface area contributed by atoms with Crippen LogP contribution >= 0.6 is 0 Å². The second-order valence-corrected chi connectivity index (χ2v) is 9.70. The maximum Gasteiger partial charge on any atom is 1.00 e. The van der Waals surface area contributed by atoms with Crippen LogP contribution in [0, 0.1) is 0 Å². The second kappa shape index (κ2) is 41.9. The van der Waals surface area contributed by atoms with Crippen LogP contribution in [0.2, 0.25) is 0 Å². The molecule has 3 nitrogen and oxygen atoms in total. The number of unbranched alkanes of at least 4 members (excludes halogenated alkanes) is 20. The number of carboxylic acids is 1. The standard InChI is InChI=1S/C18H34O2.C12H27N.Li.Na.2H/c1-2-3-4-5-6-7-8-9-10-11-12-13-14-15-16-17-18(19)20;1-2-3-4-5-6-7-8-9-10-11-12-13;;;;/h9-10H,2-8,11-17H2,1H3,(H,19,20);2-13H2,1H3;;;;/q;;2*+1;2*-1/b10-9-;;;;;. The van der Waals surface area contributed by atoms with Crippen LogP contribution in [-0.2, 0) is 4.79 Å². The van der Waals surface area contributed by atoms with Crippen LogP contribution in [-0.4, -0.2) is 17.6 Å². The number of aliphatic carboxylic acids is 1. The van der Waals surface area contributed by atoms with E-state index in [4.69, 9.17) is 10.8 Å². The van der Waals surface area contributed by atoms with Crippen molar-refractivity contribution in [3.05, 3.63) is 12.2 Å². The number of carboxylic acid groups (broad SMARTS) is 1. The van der Waals surface area contributed by atoms with Gasteiger partial charge in [0.15, 0.2) is 0 Å². The Hall–Kier alpha value is 0.767. The van der Waals surface area contributed by atoms with Crippen LogP contribution in [0.15, 0.2) is 12.2 Å². The molecule has 0 radical (unpaired) electrons. The molecule has 0 aliphatic heterocycles. The first-order valence-electron chi connectivity index (χ1n) is 14.8. The molecular formula is C30H63LiNNaO2. The molecule has 0 saturated heterocycles. The van der Waals surface area contributed by atoms with Crippen LogP contribution < -0.4 is 54.2 Å². The largest absolute Gasteiger partial charge is 1.00 e. The minimum atomic E-state index is -0.664. The van der Waals surface area contributed by atoms with E-state index < -0.39 is 5.97 Å². The molecule has 202 valence electrons. The third-order valence-electron chi connectivity index (χ3n) is 6.21. The molecule has 3 N–H and O–H groups in total. The summed E-state index contributed by atoms with van der Waals surface area (Å²) in [5.41, 5.74) is 5.42. The zero-order valence-corrected chi connectivity index (χ0v) is 26.8. The van der Waals surface area contributed by atoms with E-state index in [9.17, 15) is 4.79 Å². The number of carbonyl (C=O) groups is 1. The van der Waals surface area contributed by atoms with Gasteiger partial charge in [0.25, 0.3) is 0 Å². The molecule has 0 aliphatic carbocycles. The maximum absolute atomic E-state index is 10.3. The predicted octanol–water partition coefficient (Wildman–Crippen LogP) is 4.21. The fourth-order valence-corrected chi connectivity index (χ4v) is 3.98. The molecule has 5 heteroatoms. The number of hydrogen-bond donors (Lipinski definition) is 2. The summed E-state index contributed by atoms with van der Waals surface area (Å²) < 4.78 is 0. The fourth-order valence-electron chi connectivity index (χ4n) is 3.98. The molecule has 0 aromatic heterocycles. The second-order valence-electron chi connectivity index (χ2n) is 9.70. The van der Waals surface area contributed by atoms with Crippen LogP contribution in [0.5, 0.6) is 0 Å². The Morgan fingerprint density at radius 1 is 0.600 bits per heavy atom. The van der Waals surface area contributed by atoms with Crippen molar-refractivity contribution in [2.45, 2.75) is 168 Å². The summed E-state index contributed by atoms with van der Waals surface area (Å²) in [6, 6.07) is 0. The van der Waals surface area contributed by atoms with Crippen molar-refractivity contribution in [1.82, 2.24) is 0 Å². The molecule has 0 aliphatic rings. The van der Waals surface area contributed by atoms with Gasteiger partial charge in [-0.05, 0) is 45.1 Å². The van der Waals surface area contributed by atoms with Crippen molar-refractivity contribution in [1.29, 1.82) is 0 Å². The van der Waals surface area contributed by atoms with Gasteiger partial charge in [-0.25, -0.2) is 0 Å². The number of hydrogen-bond acceptors (Lipinski definition) is 2. The maximum atomic E-state index is 10.3. The van der Waals surface area contributed by atoms with Crippen LogP contribution in [0.3, 0.4) is 0 Å². The van der Waals surface area contributed by atoms with E-state index in [1.807, 2.05) is 0 Å². The van der Waals surface area contributed by atoms with Gasteiger partial charge >= 0.3 is 54.4 Å². The van der Waals surface area contributed by atoms with Gasteiger partial charge in [-0.1, -0.05) is 135 Å². The van der Waals surface area contributed by atoms with Crippen LogP contribution in [0.4, 0.5) is 0 Å². The Morgan fingerprint density at radius 3 is 1.26 bits per heavy atom. The van der Waals surface area contributed by atoms with Gasteiger partial charge in [0.1, 0.15) is 0 Å². The quantitative estimate of drug-likeness (QED) is 0.112. The fraction of sp³-hybridized carbons (Fsp3) is 0.900. The first kappa shape index (κ1) is 42.8. The molecule has 0 unspecified atom stereocenters. The summed E-state index contributed by atoms with van der Waals surface area (Å²) in [5.74, 6) is -0.664. The van der Waals surface area contributed by atoms with Gasteiger partial charge in [-0.3, -0.25) is 4.79 Å². The number of rotatable bonds is 25. The van der Waals surface area contributed by atoms with E-state index in [1.165, 1.54) is 135 Å². The summed E-state index contributed by atoms with van der Waals surface area (Å²) in [5, 5.41) is 8.51. The molecule has 0 saturated carbocycles. The van der Waals surface area contributed by atoms with E-state index >= 15 is 0 Å². The van der Waals surface area contributed by atoms with Crippen molar-refractivity contribution in [2.24, 2.45) is 5.73 Å². The van der Waals surface area contributed by atoms with E-state index in [-0.39, 0.29) is 51.3 Å². The van der Waals surface area contributed by atoms with Crippen molar-refractivity contribution < 1.29 is 61.2 Å². The van der Waals surface area contributed by atoms with Gasteiger partial charge in [-0.2, -0.15) is 0 Å². The van der Waals surface area contributed by atoms with Crippen LogP contribution in [0.25, 0.3) is 0 Å². The number of nitrogens with two attached hydrogens (primary N) is 1. The molecule has 0 heterocycles. The van der Waals surface area contributed by atoms with Gasteiger partial charge in [0.05, 0.1) is 0 Å². The molecule has 0 fully saturated rings. The smallest absolute Gasteiger partial charge is 1.00 e. The number of allylic oxidation sites excluding steroid dienone is 2. The molecular weight excluding hydrogens is 436 g/mol. The average Bonchev–Trinajstić information content (AvgIpc) is 2.81. The normalized spacial score (nSPS) is 10.4. The predicted molar refractivity (Wildman–Crippen MR) is 150 cm³/mol. The summed E-state index contributed by atoms with van der Waals surface area (Å²) in [6.07, 6.45) is 35.2. The van der Waals surface area contributed by atoms with Crippen molar-refractivity contribution in [3.63, 3.8) is 0 Å². The van der Waals surface area contributed by atoms with Gasteiger partial charge in [0, 0.05) is 6.42 Å². The minimum Gasteiger partial charge on any atom is -1.00 e. The Balaban J connectivity index is -0.000000125. The Morgan fingerprint density at radius 2 is 0.914 bits per heavy atom. The molecule has 0 bridgehead atoms. The molecule has 0 rings (SSSR count). The summed E-state index contributed by atoms with van der Waals surface area (Å²) in [6.45, 7) is 5.40. The van der Waals surface area contributed by atoms with Gasteiger partial charge in [0.2, 0.25) is 0 Å². The zero-order chi connectivity index (χ0) is 24.7. The monoisotopic (exact) mass is 499 g/mol.